The number of hydrogen-bond acceptors (Lipinski definition) is 4. The van der Waals surface area contributed by atoms with Crippen LogP contribution in [0.2, 0.25) is 0 Å². The molecule has 0 amide bonds. The smallest absolute Gasteiger partial charge is 0.160 e. The zero-order chi connectivity index (χ0) is 35.1. The van der Waals surface area contributed by atoms with Crippen molar-refractivity contribution in [2.45, 2.75) is 0 Å². The summed E-state index contributed by atoms with van der Waals surface area (Å²) in [6.07, 6.45) is 1.94. The van der Waals surface area contributed by atoms with Gasteiger partial charge in [0.1, 0.15) is 0 Å². The molecular weight excluding hydrogens is 663 g/mol. The highest BCUT2D eigenvalue weighted by Crippen LogP contribution is 2.42. The van der Waals surface area contributed by atoms with Crippen LogP contribution in [0.5, 0.6) is 0 Å². The van der Waals surface area contributed by atoms with E-state index in [1.807, 2.05) is 30.5 Å². The summed E-state index contributed by atoms with van der Waals surface area (Å²) in [7, 11) is 0. The van der Waals surface area contributed by atoms with Crippen LogP contribution in [-0.2, 0) is 0 Å². The van der Waals surface area contributed by atoms with Crippen LogP contribution < -0.4 is 0 Å². The Morgan fingerprint density at radius 2 is 1.00 bits per heavy atom. The van der Waals surface area contributed by atoms with Crippen LogP contribution in [0.15, 0.2) is 188 Å². The monoisotopic (exact) mass is 693 g/mol. The maximum atomic E-state index is 5.28. The Labute approximate surface area is 311 Å². The van der Waals surface area contributed by atoms with Gasteiger partial charge in [0.25, 0.3) is 0 Å². The number of fused-ring (bicyclic) bond motifs is 4. The lowest BCUT2D eigenvalue weighted by atomic mass is 9.93. The number of thiophene rings is 1. The first kappa shape index (κ1) is 31.0. The fraction of sp³-hybridized carbons (Fsp3) is 0. The van der Waals surface area contributed by atoms with E-state index in [0.29, 0.717) is 5.82 Å². The third-order valence-corrected chi connectivity index (χ3v) is 11.1. The van der Waals surface area contributed by atoms with Crippen molar-refractivity contribution in [1.82, 2.24) is 15.0 Å². The van der Waals surface area contributed by atoms with E-state index >= 15 is 0 Å². The Bertz CT molecular complexity index is 2950. The second kappa shape index (κ2) is 13.1. The van der Waals surface area contributed by atoms with E-state index in [1.54, 1.807) is 11.3 Å². The largest absolute Gasteiger partial charge is 0.255 e. The highest BCUT2D eigenvalue weighted by atomic mass is 32.1. The van der Waals surface area contributed by atoms with Gasteiger partial charge in [0, 0.05) is 38.5 Å². The Kier molecular flexibility index (Phi) is 7.67. The molecule has 4 heteroatoms. The van der Waals surface area contributed by atoms with E-state index in [1.165, 1.54) is 31.1 Å². The van der Waals surface area contributed by atoms with Crippen LogP contribution in [0, 0.1) is 0 Å². The molecule has 10 rings (SSSR count). The van der Waals surface area contributed by atoms with E-state index < -0.39 is 0 Å². The van der Waals surface area contributed by atoms with E-state index in [-0.39, 0.29) is 0 Å². The van der Waals surface area contributed by atoms with Crippen LogP contribution in [-0.4, -0.2) is 15.0 Å². The first-order chi connectivity index (χ1) is 26.2. The normalized spacial score (nSPS) is 11.4. The van der Waals surface area contributed by atoms with Gasteiger partial charge in [-0.25, -0.2) is 9.97 Å². The highest BCUT2D eigenvalue weighted by Gasteiger charge is 2.17. The predicted molar refractivity (Wildman–Crippen MR) is 223 cm³/mol. The van der Waals surface area contributed by atoms with E-state index in [2.05, 4.69) is 158 Å². The van der Waals surface area contributed by atoms with Crippen molar-refractivity contribution < 1.29 is 0 Å². The van der Waals surface area contributed by atoms with Crippen LogP contribution in [0.3, 0.4) is 0 Å². The SMILES string of the molecule is c1ccc(-c2cccc(-c3cc(-c4cc(-c5ccc6ccccc6c5)cc(-c5ccnc6c5sc5ccccc56)c4)nc(-c4ccccc4)n3)c2)cc1. The van der Waals surface area contributed by atoms with Gasteiger partial charge < -0.3 is 0 Å². The fourth-order valence-electron chi connectivity index (χ4n) is 7.25. The van der Waals surface area contributed by atoms with Gasteiger partial charge in [-0.1, -0.05) is 133 Å². The second-order valence-electron chi connectivity index (χ2n) is 13.3. The van der Waals surface area contributed by atoms with Gasteiger partial charge in [0.2, 0.25) is 0 Å². The molecule has 3 heterocycles. The molecule has 3 aromatic heterocycles. The van der Waals surface area contributed by atoms with Gasteiger partial charge in [-0.2, -0.15) is 0 Å². The number of benzene rings is 7. The molecule has 53 heavy (non-hydrogen) atoms. The average Bonchev–Trinajstić information content (AvgIpc) is 3.63. The average molecular weight is 694 g/mol. The summed E-state index contributed by atoms with van der Waals surface area (Å²) in [6, 6.07) is 64.4. The van der Waals surface area contributed by atoms with E-state index in [4.69, 9.17) is 15.0 Å². The zero-order valence-corrected chi connectivity index (χ0v) is 29.5. The molecule has 248 valence electrons. The minimum Gasteiger partial charge on any atom is -0.255 e. The van der Waals surface area contributed by atoms with Gasteiger partial charge in [-0.3, -0.25) is 4.98 Å². The summed E-state index contributed by atoms with van der Waals surface area (Å²) in [5.74, 6) is 0.691. The quantitative estimate of drug-likeness (QED) is 0.174. The summed E-state index contributed by atoms with van der Waals surface area (Å²) >= 11 is 1.80. The van der Waals surface area contributed by atoms with Crippen molar-refractivity contribution in [3.05, 3.63) is 188 Å². The highest BCUT2D eigenvalue weighted by molar-refractivity contribution is 7.26. The first-order valence-corrected chi connectivity index (χ1v) is 18.6. The molecule has 0 saturated carbocycles. The van der Waals surface area contributed by atoms with Crippen LogP contribution in [0.1, 0.15) is 0 Å². The van der Waals surface area contributed by atoms with Gasteiger partial charge in [-0.05, 0) is 87.1 Å². The Hall–Kier alpha value is -6.75. The molecule has 7 aromatic carbocycles. The molecule has 0 fully saturated rings. The summed E-state index contributed by atoms with van der Waals surface area (Å²) < 4.78 is 2.42. The molecule has 10 aromatic rings. The number of nitrogens with zero attached hydrogens (tertiary/aromatic N) is 3. The maximum absolute atomic E-state index is 5.28. The van der Waals surface area contributed by atoms with Gasteiger partial charge >= 0.3 is 0 Å². The molecule has 0 aliphatic rings. The summed E-state index contributed by atoms with van der Waals surface area (Å²) in [6.45, 7) is 0. The molecule has 0 aliphatic heterocycles. The topological polar surface area (TPSA) is 38.7 Å². The number of aromatic nitrogens is 3. The predicted octanol–water partition coefficient (Wildman–Crippen LogP) is 13.4. The molecule has 0 atom stereocenters. The minimum absolute atomic E-state index is 0.691. The van der Waals surface area contributed by atoms with E-state index in [9.17, 15) is 0 Å². The van der Waals surface area contributed by atoms with Crippen molar-refractivity contribution in [1.29, 1.82) is 0 Å². The Morgan fingerprint density at radius 3 is 1.85 bits per heavy atom. The molecule has 0 N–H and O–H groups in total. The fourth-order valence-corrected chi connectivity index (χ4v) is 8.44. The molecule has 0 bridgehead atoms. The van der Waals surface area contributed by atoms with Crippen LogP contribution in [0.4, 0.5) is 0 Å². The number of rotatable bonds is 6. The van der Waals surface area contributed by atoms with Gasteiger partial charge in [0.05, 0.1) is 21.6 Å². The van der Waals surface area contributed by atoms with Crippen molar-refractivity contribution in [3.63, 3.8) is 0 Å². The van der Waals surface area contributed by atoms with Gasteiger partial charge in [-0.15, -0.1) is 11.3 Å². The first-order valence-electron chi connectivity index (χ1n) is 17.8. The molecule has 0 saturated heterocycles. The molecule has 3 nitrogen and oxygen atoms in total. The zero-order valence-electron chi connectivity index (χ0n) is 28.6. The number of pyridine rings is 1. The standard InChI is InChI=1S/C49H31N3S/c1-3-12-32(13-4-1)36-18-11-19-38(27-36)44-31-45(52-49(51-44)34-15-5-2-6-16-34)41-29-39(37-23-22-33-14-7-8-17-35(33)26-37)28-40(30-41)42-24-25-50-47-43-20-9-10-21-46(43)53-48(42)47/h1-31H. The third kappa shape index (κ3) is 5.85. The summed E-state index contributed by atoms with van der Waals surface area (Å²) in [4.78, 5) is 15.3. The molecule has 0 unspecified atom stereocenters. The van der Waals surface area contributed by atoms with Crippen molar-refractivity contribution in [2.24, 2.45) is 0 Å². The Balaban J connectivity index is 1.21. The number of hydrogen-bond donors (Lipinski definition) is 0. The summed E-state index contributed by atoms with van der Waals surface area (Å²) in [5, 5.41) is 3.62. The minimum atomic E-state index is 0.691. The van der Waals surface area contributed by atoms with Crippen LogP contribution in [0.25, 0.3) is 98.4 Å². The van der Waals surface area contributed by atoms with Crippen molar-refractivity contribution in [3.8, 4) is 67.3 Å². The van der Waals surface area contributed by atoms with Crippen molar-refractivity contribution >= 4 is 42.4 Å². The lowest BCUT2D eigenvalue weighted by Crippen LogP contribution is -1.97. The molecule has 0 spiro atoms. The van der Waals surface area contributed by atoms with Gasteiger partial charge in [0.15, 0.2) is 5.82 Å². The molecule has 0 radical (unpaired) electrons. The van der Waals surface area contributed by atoms with E-state index in [0.717, 1.165) is 61.4 Å². The third-order valence-electron chi connectivity index (χ3n) is 9.90. The second-order valence-corrected chi connectivity index (χ2v) is 14.3. The lowest BCUT2D eigenvalue weighted by Gasteiger charge is -2.14. The summed E-state index contributed by atoms with van der Waals surface area (Å²) in [5.41, 5.74) is 12.7. The van der Waals surface area contributed by atoms with Crippen LogP contribution >= 0.6 is 11.3 Å². The lowest BCUT2D eigenvalue weighted by molar-refractivity contribution is 1.18. The molecular formula is C49H31N3S. The van der Waals surface area contributed by atoms with Crippen molar-refractivity contribution in [2.75, 3.05) is 0 Å². The maximum Gasteiger partial charge on any atom is 0.160 e. The molecule has 0 aliphatic carbocycles. The Morgan fingerprint density at radius 1 is 0.377 bits per heavy atom.